The van der Waals surface area contributed by atoms with Gasteiger partial charge in [-0.25, -0.2) is 0 Å². The highest BCUT2D eigenvalue weighted by atomic mass is 28.4. The minimum absolute atomic E-state index is 0.00647. The highest BCUT2D eigenvalue weighted by Crippen LogP contribution is 2.48. The van der Waals surface area contributed by atoms with Crippen LogP contribution in [0.15, 0.2) is 65.7 Å². The molecule has 2 aromatic rings. The highest BCUT2D eigenvalue weighted by molar-refractivity contribution is 6.99. The van der Waals surface area contributed by atoms with Gasteiger partial charge >= 0.3 is 0 Å². The zero-order chi connectivity index (χ0) is 18.4. The van der Waals surface area contributed by atoms with Crippen molar-refractivity contribution in [3.8, 4) is 0 Å². The van der Waals surface area contributed by atoms with Gasteiger partial charge < -0.3 is 10.2 Å². The average Bonchev–Trinajstić information content (AvgIpc) is 3.37. The van der Waals surface area contributed by atoms with Crippen molar-refractivity contribution in [1.82, 2.24) is 0 Å². The normalized spacial score (nSPS) is 24.9. The van der Waals surface area contributed by atoms with Crippen molar-refractivity contribution >= 4 is 24.5 Å². The Morgan fingerprint density at radius 2 is 1.54 bits per heavy atom. The molecule has 1 fully saturated rings. The van der Waals surface area contributed by atoms with Gasteiger partial charge in [-0.3, -0.25) is 4.99 Å². The SMILES string of the molecule is CC(C)(C)[Si](OC[C@H]1N=C(N)[C@@H]2C[C@H]12)(c1ccccc1)c1ccccc1. The van der Waals surface area contributed by atoms with Crippen molar-refractivity contribution in [2.45, 2.75) is 38.3 Å². The van der Waals surface area contributed by atoms with E-state index < -0.39 is 8.32 Å². The molecule has 2 aliphatic rings. The summed E-state index contributed by atoms with van der Waals surface area (Å²) in [6.45, 7) is 7.59. The third-order valence-electron chi connectivity index (χ3n) is 5.92. The Bertz CT molecular complexity index is 758. The van der Waals surface area contributed by atoms with E-state index in [0.29, 0.717) is 18.4 Å². The first-order valence-electron chi connectivity index (χ1n) is 9.51. The molecule has 4 heteroatoms. The molecule has 0 spiro atoms. The van der Waals surface area contributed by atoms with Crippen LogP contribution in [0.5, 0.6) is 0 Å². The smallest absolute Gasteiger partial charge is 0.261 e. The Morgan fingerprint density at radius 3 is 1.92 bits per heavy atom. The van der Waals surface area contributed by atoms with Crippen LogP contribution in [0.4, 0.5) is 0 Å². The van der Waals surface area contributed by atoms with E-state index in [4.69, 9.17) is 10.2 Å². The monoisotopic (exact) mass is 364 g/mol. The number of aliphatic imine (C=N–C) groups is 1. The molecule has 0 unspecified atom stereocenters. The summed E-state index contributed by atoms with van der Waals surface area (Å²) in [5, 5.41) is 2.65. The van der Waals surface area contributed by atoms with E-state index >= 15 is 0 Å². The fraction of sp³-hybridized carbons (Fsp3) is 0.409. The van der Waals surface area contributed by atoms with E-state index in [2.05, 4.69) is 86.4 Å². The van der Waals surface area contributed by atoms with Crippen LogP contribution in [0.3, 0.4) is 0 Å². The molecule has 136 valence electrons. The van der Waals surface area contributed by atoms with Crippen molar-refractivity contribution in [2.75, 3.05) is 6.61 Å². The summed E-state index contributed by atoms with van der Waals surface area (Å²) in [6, 6.07) is 21.8. The maximum atomic E-state index is 6.97. The van der Waals surface area contributed by atoms with Crippen LogP contribution >= 0.6 is 0 Å². The molecule has 1 saturated carbocycles. The van der Waals surface area contributed by atoms with Gasteiger partial charge in [-0.1, -0.05) is 81.4 Å². The van der Waals surface area contributed by atoms with Crippen molar-refractivity contribution in [3.05, 3.63) is 60.7 Å². The molecule has 1 heterocycles. The molecule has 0 aromatic heterocycles. The van der Waals surface area contributed by atoms with Gasteiger partial charge in [0, 0.05) is 5.92 Å². The van der Waals surface area contributed by atoms with E-state index in [1.165, 1.54) is 16.8 Å². The van der Waals surface area contributed by atoms with Crippen molar-refractivity contribution in [3.63, 3.8) is 0 Å². The minimum atomic E-state index is -2.46. The summed E-state index contributed by atoms with van der Waals surface area (Å²) in [6.07, 6.45) is 1.18. The Morgan fingerprint density at radius 1 is 1.00 bits per heavy atom. The molecule has 2 N–H and O–H groups in total. The lowest BCUT2D eigenvalue weighted by atomic mass is 10.2. The van der Waals surface area contributed by atoms with Gasteiger partial charge in [0.05, 0.1) is 18.5 Å². The number of rotatable bonds is 5. The van der Waals surface area contributed by atoms with Gasteiger partial charge in [-0.05, 0) is 27.8 Å². The van der Waals surface area contributed by atoms with Gasteiger partial charge in [0.15, 0.2) is 0 Å². The lowest BCUT2D eigenvalue weighted by Gasteiger charge is -2.43. The van der Waals surface area contributed by atoms with Crippen LogP contribution in [-0.4, -0.2) is 26.8 Å². The van der Waals surface area contributed by atoms with E-state index in [0.717, 1.165) is 5.84 Å². The predicted octanol–water partition coefficient (Wildman–Crippen LogP) is 2.94. The van der Waals surface area contributed by atoms with Crippen LogP contribution in [0.25, 0.3) is 0 Å². The molecule has 3 nitrogen and oxygen atoms in total. The molecular weight excluding hydrogens is 336 g/mol. The fourth-order valence-electron chi connectivity index (χ4n) is 4.50. The number of fused-ring (bicyclic) bond motifs is 1. The zero-order valence-corrected chi connectivity index (χ0v) is 16.9. The van der Waals surface area contributed by atoms with Crippen LogP contribution < -0.4 is 16.1 Å². The van der Waals surface area contributed by atoms with E-state index in [-0.39, 0.29) is 11.1 Å². The molecule has 3 atom stereocenters. The van der Waals surface area contributed by atoms with E-state index in [9.17, 15) is 0 Å². The second kappa shape index (κ2) is 6.36. The molecular formula is C22H28N2OSi. The Labute approximate surface area is 157 Å². The molecule has 0 amide bonds. The summed E-state index contributed by atoms with van der Waals surface area (Å²) in [5.74, 6) is 1.96. The van der Waals surface area contributed by atoms with Gasteiger partial charge in [-0.15, -0.1) is 0 Å². The number of hydrogen-bond acceptors (Lipinski definition) is 3. The second-order valence-corrected chi connectivity index (χ2v) is 12.9. The van der Waals surface area contributed by atoms with Crippen LogP contribution in [0.2, 0.25) is 5.04 Å². The summed E-state index contributed by atoms with van der Waals surface area (Å²) >= 11 is 0. The van der Waals surface area contributed by atoms with Gasteiger partial charge in [0.2, 0.25) is 0 Å². The highest BCUT2D eigenvalue weighted by Gasteiger charge is 2.54. The van der Waals surface area contributed by atoms with Crippen molar-refractivity contribution < 1.29 is 4.43 Å². The van der Waals surface area contributed by atoms with Crippen molar-refractivity contribution in [1.29, 1.82) is 0 Å². The first-order valence-corrected chi connectivity index (χ1v) is 11.4. The van der Waals surface area contributed by atoms with Gasteiger partial charge in [0.1, 0.15) is 0 Å². The van der Waals surface area contributed by atoms with Crippen LogP contribution in [0.1, 0.15) is 27.2 Å². The Kier molecular flexibility index (Phi) is 4.28. The largest absolute Gasteiger partial charge is 0.405 e. The maximum Gasteiger partial charge on any atom is 0.261 e. The maximum absolute atomic E-state index is 6.97. The van der Waals surface area contributed by atoms with Gasteiger partial charge in [-0.2, -0.15) is 0 Å². The molecule has 26 heavy (non-hydrogen) atoms. The number of nitrogens with zero attached hydrogens (tertiary/aromatic N) is 1. The molecule has 2 aromatic carbocycles. The second-order valence-electron chi connectivity index (χ2n) is 8.60. The standard InChI is InChI=1S/C22H28N2OSi/c1-22(2,3)26(16-10-6-4-7-11-16,17-12-8-5-9-13-17)25-15-20-18-14-19(18)21(23)24-20/h4-13,18-20H,14-15H2,1-3H3,(H2,23,24)/t18-,19+,20+/m0/s1. The molecule has 1 aliphatic heterocycles. The molecule has 0 radical (unpaired) electrons. The average molecular weight is 365 g/mol. The summed E-state index contributed by atoms with van der Waals surface area (Å²) in [5.41, 5.74) is 6.06. The minimum Gasteiger partial charge on any atom is -0.405 e. The Hall–Kier alpha value is -1.91. The van der Waals surface area contributed by atoms with E-state index in [1.54, 1.807) is 0 Å². The molecule has 1 aliphatic carbocycles. The third-order valence-corrected chi connectivity index (χ3v) is 10.9. The first kappa shape index (κ1) is 17.5. The molecule has 4 rings (SSSR count). The summed E-state index contributed by atoms with van der Waals surface area (Å²) in [7, 11) is -2.46. The number of amidine groups is 1. The fourth-order valence-corrected chi connectivity index (χ4v) is 9.07. The Balaban J connectivity index is 1.75. The third kappa shape index (κ3) is 2.81. The van der Waals surface area contributed by atoms with Crippen molar-refractivity contribution in [2.24, 2.45) is 22.6 Å². The zero-order valence-electron chi connectivity index (χ0n) is 15.9. The van der Waals surface area contributed by atoms with E-state index in [1.807, 2.05) is 0 Å². The summed E-state index contributed by atoms with van der Waals surface area (Å²) < 4.78 is 6.97. The van der Waals surface area contributed by atoms with Crippen LogP contribution in [0, 0.1) is 11.8 Å². The first-order chi connectivity index (χ1) is 12.4. The molecule has 0 bridgehead atoms. The topological polar surface area (TPSA) is 47.6 Å². The number of benzene rings is 2. The molecule has 0 saturated heterocycles. The summed E-state index contributed by atoms with van der Waals surface area (Å²) in [4.78, 5) is 4.68. The predicted molar refractivity (Wildman–Crippen MR) is 111 cm³/mol. The van der Waals surface area contributed by atoms with Gasteiger partial charge in [0.25, 0.3) is 8.32 Å². The lowest BCUT2D eigenvalue weighted by Crippen LogP contribution is -2.67. The quantitative estimate of drug-likeness (QED) is 0.829. The lowest BCUT2D eigenvalue weighted by molar-refractivity contribution is 0.263. The van der Waals surface area contributed by atoms with Crippen LogP contribution in [-0.2, 0) is 4.43 Å². The number of nitrogens with two attached hydrogens (primary N) is 1. The number of hydrogen-bond donors (Lipinski definition) is 1.